The Bertz CT molecular complexity index is 809. The van der Waals surface area contributed by atoms with E-state index in [0.29, 0.717) is 5.92 Å². The maximum Gasteiger partial charge on any atom is 0.263 e. The number of carbonyl (C=O) groups excluding carboxylic acids is 1. The minimum Gasteiger partial charge on any atom is -0.481 e. The van der Waals surface area contributed by atoms with Crippen LogP contribution in [0.5, 0.6) is 5.75 Å². The van der Waals surface area contributed by atoms with Gasteiger partial charge in [0.05, 0.1) is 0 Å². The molecule has 29 heavy (non-hydrogen) atoms. The van der Waals surface area contributed by atoms with E-state index >= 15 is 0 Å². The number of nitrogens with zero attached hydrogens (tertiary/aromatic N) is 2. The summed E-state index contributed by atoms with van der Waals surface area (Å²) >= 11 is 0. The van der Waals surface area contributed by atoms with E-state index in [1.165, 1.54) is 5.56 Å². The molecule has 1 aliphatic rings. The number of hydrogen-bond donors (Lipinski definition) is 0. The molecule has 1 saturated heterocycles. The van der Waals surface area contributed by atoms with Crippen LogP contribution in [0.3, 0.4) is 0 Å². The third-order valence-corrected chi connectivity index (χ3v) is 5.35. The first-order valence-electron chi connectivity index (χ1n) is 10.5. The summed E-state index contributed by atoms with van der Waals surface area (Å²) in [6, 6.07) is 18.3. The van der Waals surface area contributed by atoms with Gasteiger partial charge in [0.1, 0.15) is 5.75 Å². The van der Waals surface area contributed by atoms with Gasteiger partial charge in [0.25, 0.3) is 5.91 Å². The number of hydrogen-bond acceptors (Lipinski definition) is 3. The van der Waals surface area contributed by atoms with Crippen molar-refractivity contribution in [1.82, 2.24) is 9.80 Å². The fraction of sp³-hybridized carbons (Fsp3) is 0.400. The zero-order valence-corrected chi connectivity index (χ0v) is 17.8. The summed E-state index contributed by atoms with van der Waals surface area (Å²) in [5.41, 5.74) is 2.36. The zero-order valence-electron chi connectivity index (χ0n) is 17.8. The monoisotopic (exact) mass is 392 g/mol. The molecule has 3 rings (SSSR count). The maximum atomic E-state index is 12.9. The number of amides is 1. The third kappa shape index (κ3) is 5.94. The summed E-state index contributed by atoms with van der Waals surface area (Å²) in [7, 11) is 0. The largest absolute Gasteiger partial charge is 0.481 e. The van der Waals surface area contributed by atoms with E-state index < -0.39 is 6.10 Å². The minimum atomic E-state index is -0.473. The molecular weight excluding hydrogens is 360 g/mol. The van der Waals surface area contributed by atoms with E-state index in [-0.39, 0.29) is 5.91 Å². The molecule has 0 saturated carbocycles. The van der Waals surface area contributed by atoms with Gasteiger partial charge in [0.2, 0.25) is 0 Å². The van der Waals surface area contributed by atoms with Crippen molar-refractivity contribution in [3.05, 3.63) is 71.8 Å². The van der Waals surface area contributed by atoms with Crippen molar-refractivity contribution >= 4 is 12.0 Å². The van der Waals surface area contributed by atoms with Crippen molar-refractivity contribution in [2.75, 3.05) is 32.7 Å². The van der Waals surface area contributed by atoms with Gasteiger partial charge in [0.15, 0.2) is 6.10 Å². The molecule has 4 nitrogen and oxygen atoms in total. The lowest BCUT2D eigenvalue weighted by Crippen LogP contribution is -2.51. The number of para-hydroxylation sites is 1. The van der Waals surface area contributed by atoms with Gasteiger partial charge in [-0.25, -0.2) is 0 Å². The highest BCUT2D eigenvalue weighted by Crippen LogP contribution is 2.27. The van der Waals surface area contributed by atoms with Gasteiger partial charge < -0.3 is 9.64 Å². The molecule has 1 heterocycles. The van der Waals surface area contributed by atoms with Crippen LogP contribution in [0.25, 0.3) is 6.08 Å². The van der Waals surface area contributed by atoms with Crippen LogP contribution in [0.2, 0.25) is 0 Å². The Morgan fingerprint density at radius 1 is 0.966 bits per heavy atom. The van der Waals surface area contributed by atoms with Crippen LogP contribution in [0.15, 0.2) is 60.7 Å². The molecule has 0 spiro atoms. The van der Waals surface area contributed by atoms with Gasteiger partial charge in [-0.3, -0.25) is 9.69 Å². The normalized spacial score (nSPS) is 16.3. The molecule has 1 fully saturated rings. The van der Waals surface area contributed by atoms with Crippen LogP contribution >= 0.6 is 0 Å². The molecule has 0 N–H and O–H groups in total. The molecular formula is C25H32N2O2. The zero-order chi connectivity index (χ0) is 20.6. The second-order valence-corrected chi connectivity index (χ2v) is 7.89. The summed E-state index contributed by atoms with van der Waals surface area (Å²) < 4.78 is 6.05. The van der Waals surface area contributed by atoms with Crippen LogP contribution in [0, 0.1) is 0 Å². The van der Waals surface area contributed by atoms with Gasteiger partial charge in [-0.2, -0.15) is 0 Å². The lowest BCUT2D eigenvalue weighted by atomic mass is 10.0. The summed E-state index contributed by atoms with van der Waals surface area (Å²) in [4.78, 5) is 17.2. The van der Waals surface area contributed by atoms with E-state index in [1.807, 2.05) is 48.2 Å². The Morgan fingerprint density at radius 2 is 1.62 bits per heavy atom. The molecule has 2 aromatic rings. The second-order valence-electron chi connectivity index (χ2n) is 7.89. The van der Waals surface area contributed by atoms with Crippen LogP contribution in [-0.4, -0.2) is 54.5 Å². The molecule has 1 unspecified atom stereocenters. The SMILES string of the molecule is CC(Oc1ccccc1C(C)C)C(=O)N1CCN(C/C=C/c2ccccc2)CC1. The lowest BCUT2D eigenvalue weighted by molar-refractivity contribution is -0.139. The predicted octanol–water partition coefficient (Wildman–Crippen LogP) is 4.43. The van der Waals surface area contributed by atoms with Crippen molar-refractivity contribution in [3.8, 4) is 5.75 Å². The van der Waals surface area contributed by atoms with Gasteiger partial charge >= 0.3 is 0 Å². The van der Waals surface area contributed by atoms with Crippen LogP contribution in [0.1, 0.15) is 37.8 Å². The average Bonchev–Trinajstić information content (AvgIpc) is 2.74. The highest BCUT2D eigenvalue weighted by molar-refractivity contribution is 5.81. The number of piperazine rings is 1. The molecule has 154 valence electrons. The standard InChI is InChI=1S/C25H32N2O2/c1-20(2)23-13-7-8-14-24(23)29-21(3)25(28)27-18-16-26(17-19-27)15-9-12-22-10-5-4-6-11-22/h4-14,20-21H,15-19H2,1-3H3/b12-9+. The number of benzene rings is 2. The van der Waals surface area contributed by atoms with Crippen molar-refractivity contribution in [3.63, 3.8) is 0 Å². The van der Waals surface area contributed by atoms with E-state index in [2.05, 4.69) is 49.1 Å². The first kappa shape index (κ1) is 21.1. The molecule has 0 bridgehead atoms. The maximum absolute atomic E-state index is 12.9. The fourth-order valence-electron chi connectivity index (χ4n) is 3.62. The summed E-state index contributed by atoms with van der Waals surface area (Å²) in [5, 5.41) is 0. The molecule has 1 atom stereocenters. The Kier molecular flexibility index (Phi) is 7.48. The number of carbonyl (C=O) groups is 1. The van der Waals surface area contributed by atoms with Crippen molar-refractivity contribution in [1.29, 1.82) is 0 Å². The molecule has 0 aromatic heterocycles. The van der Waals surface area contributed by atoms with Crippen LogP contribution in [0.4, 0.5) is 0 Å². The summed E-state index contributed by atoms with van der Waals surface area (Å²) in [6.45, 7) is 10.3. The van der Waals surface area contributed by atoms with Crippen molar-refractivity contribution in [2.45, 2.75) is 32.8 Å². The highest BCUT2D eigenvalue weighted by atomic mass is 16.5. The lowest BCUT2D eigenvalue weighted by Gasteiger charge is -2.35. The summed E-state index contributed by atoms with van der Waals surface area (Å²) in [5.74, 6) is 1.25. The first-order valence-corrected chi connectivity index (χ1v) is 10.5. The molecule has 2 aromatic carbocycles. The van der Waals surface area contributed by atoms with Gasteiger partial charge in [0, 0.05) is 32.7 Å². The third-order valence-electron chi connectivity index (χ3n) is 5.35. The number of ether oxygens (including phenoxy) is 1. The molecule has 1 amide bonds. The van der Waals surface area contributed by atoms with Crippen molar-refractivity contribution in [2.24, 2.45) is 0 Å². The number of rotatable bonds is 7. The Balaban J connectivity index is 1.47. The minimum absolute atomic E-state index is 0.0723. The Labute approximate surface area is 174 Å². The quantitative estimate of drug-likeness (QED) is 0.699. The van der Waals surface area contributed by atoms with Gasteiger partial charge in [-0.05, 0) is 30.0 Å². The van der Waals surface area contributed by atoms with E-state index in [9.17, 15) is 4.79 Å². The van der Waals surface area contributed by atoms with E-state index in [4.69, 9.17) is 4.74 Å². The molecule has 4 heteroatoms. The summed E-state index contributed by atoms with van der Waals surface area (Å²) in [6.07, 6.45) is 3.88. The fourth-order valence-corrected chi connectivity index (χ4v) is 3.62. The second kappa shape index (κ2) is 10.3. The smallest absolute Gasteiger partial charge is 0.263 e. The van der Waals surface area contributed by atoms with E-state index in [1.54, 1.807) is 0 Å². The van der Waals surface area contributed by atoms with Gasteiger partial charge in [-0.1, -0.05) is 74.5 Å². The molecule has 1 aliphatic heterocycles. The van der Waals surface area contributed by atoms with E-state index in [0.717, 1.165) is 44.0 Å². The first-order chi connectivity index (χ1) is 14.0. The average molecular weight is 393 g/mol. The van der Waals surface area contributed by atoms with Crippen LogP contribution in [-0.2, 0) is 4.79 Å². The van der Waals surface area contributed by atoms with Gasteiger partial charge in [-0.15, -0.1) is 0 Å². The predicted molar refractivity (Wildman–Crippen MR) is 119 cm³/mol. The van der Waals surface area contributed by atoms with Crippen LogP contribution < -0.4 is 4.74 Å². The molecule has 0 aliphatic carbocycles. The Hall–Kier alpha value is -2.59. The van der Waals surface area contributed by atoms with Crippen molar-refractivity contribution < 1.29 is 9.53 Å². The molecule has 0 radical (unpaired) electrons. The Morgan fingerprint density at radius 3 is 2.31 bits per heavy atom. The topological polar surface area (TPSA) is 32.8 Å². The highest BCUT2D eigenvalue weighted by Gasteiger charge is 2.26.